The highest BCUT2D eigenvalue weighted by molar-refractivity contribution is 7.99. The van der Waals surface area contributed by atoms with E-state index >= 15 is 0 Å². The number of aliphatic hydroxyl groups is 4. The van der Waals surface area contributed by atoms with Crippen LogP contribution in [0.5, 0.6) is 0 Å². The molecule has 7 atom stereocenters. The van der Waals surface area contributed by atoms with Crippen molar-refractivity contribution in [1.29, 1.82) is 0 Å². The molecule has 0 aromatic heterocycles. The topological polar surface area (TPSA) is 250 Å². The minimum Gasteiger partial charge on any atom is -0.447 e. The second kappa shape index (κ2) is 22.2. The Morgan fingerprint density at radius 1 is 1.09 bits per heavy atom. The fourth-order valence-corrected chi connectivity index (χ4v) is 4.93. The highest BCUT2D eigenvalue weighted by atomic mass is 32.2. The maximum atomic E-state index is 12.9. The minimum absolute atomic E-state index is 0.0140. The van der Waals surface area contributed by atoms with Gasteiger partial charge in [-0.15, -0.1) is 0 Å². The Balaban J connectivity index is 2.89. The Hall–Kier alpha value is -2.33. The van der Waals surface area contributed by atoms with Crippen LogP contribution in [0.3, 0.4) is 0 Å². The van der Waals surface area contributed by atoms with Crippen LogP contribution in [0.2, 0.25) is 0 Å². The molecule has 0 aliphatic carbocycles. The molecule has 3 amide bonds. The number of carbonyl (C=O) groups excluding carboxylic acids is 4. The number of ether oxygens (including phenoxy) is 7. The molecule has 7 N–H and O–H groups in total. The molecule has 0 saturated carbocycles. The van der Waals surface area contributed by atoms with E-state index in [0.717, 1.165) is 0 Å². The van der Waals surface area contributed by atoms with Gasteiger partial charge in [-0.05, 0) is 13.8 Å². The number of hydrogen-bond acceptors (Lipinski definition) is 16. The van der Waals surface area contributed by atoms with Crippen LogP contribution in [-0.2, 0) is 47.5 Å². The number of carbonyl (C=O) groups is 4. The lowest BCUT2D eigenvalue weighted by Crippen LogP contribution is -2.67. The first-order valence-corrected chi connectivity index (χ1v) is 15.3. The summed E-state index contributed by atoms with van der Waals surface area (Å²) in [7, 11) is 3.04. The number of amides is 3. The predicted molar refractivity (Wildman–Crippen MR) is 156 cm³/mol. The van der Waals surface area contributed by atoms with E-state index in [4.69, 9.17) is 33.2 Å². The fraction of sp³-hybridized carbons (Fsp3) is 0.846. The zero-order valence-electron chi connectivity index (χ0n) is 25.9. The van der Waals surface area contributed by atoms with E-state index in [9.17, 15) is 39.6 Å². The van der Waals surface area contributed by atoms with E-state index in [2.05, 4.69) is 16.0 Å². The highest BCUT2D eigenvalue weighted by Crippen LogP contribution is 2.34. The quantitative estimate of drug-likeness (QED) is 0.0321. The Kier molecular flexibility index (Phi) is 20.1. The molecule has 1 aliphatic heterocycles. The van der Waals surface area contributed by atoms with Gasteiger partial charge in [0, 0.05) is 25.7 Å². The second-order valence-electron chi connectivity index (χ2n) is 9.97. The van der Waals surface area contributed by atoms with Crippen molar-refractivity contribution in [2.75, 3.05) is 71.9 Å². The van der Waals surface area contributed by atoms with Gasteiger partial charge in [0.2, 0.25) is 11.8 Å². The van der Waals surface area contributed by atoms with Crippen LogP contribution in [0.25, 0.3) is 0 Å². The molecule has 45 heavy (non-hydrogen) atoms. The van der Waals surface area contributed by atoms with Crippen LogP contribution in [0, 0.1) is 0 Å². The standard InChI is InChI=1S/C26H47N3O15S/c1-16(2)43-26(42-15-31)11-18(32)21(23(44-26)22(35)19(33)13-30)29-20(34)12-27-24(36)17(14-45-10-9-39-4)28-25(37)41-8-7-40-6-5-38-3/h15-19,21-23,30,32-33,35H,5-14H2,1-4H3,(H,27,36)(H,28,37)(H,29,34). The van der Waals surface area contributed by atoms with Gasteiger partial charge in [-0.25, -0.2) is 4.79 Å². The zero-order chi connectivity index (χ0) is 33.8. The Morgan fingerprint density at radius 2 is 1.78 bits per heavy atom. The third kappa shape index (κ3) is 15.2. The number of thioether (sulfide) groups is 1. The van der Waals surface area contributed by atoms with E-state index in [0.29, 0.717) is 25.6 Å². The van der Waals surface area contributed by atoms with Gasteiger partial charge >= 0.3 is 12.1 Å². The van der Waals surface area contributed by atoms with E-state index < -0.39 is 86.1 Å². The van der Waals surface area contributed by atoms with Gasteiger partial charge in [-0.3, -0.25) is 14.4 Å². The highest BCUT2D eigenvalue weighted by Gasteiger charge is 2.53. The van der Waals surface area contributed by atoms with Crippen molar-refractivity contribution in [1.82, 2.24) is 16.0 Å². The predicted octanol–water partition coefficient (Wildman–Crippen LogP) is -3.16. The zero-order valence-corrected chi connectivity index (χ0v) is 26.7. The molecule has 1 heterocycles. The van der Waals surface area contributed by atoms with Crippen LogP contribution in [-0.4, -0.2) is 165 Å². The molecule has 7 unspecified atom stereocenters. The Morgan fingerprint density at radius 3 is 2.40 bits per heavy atom. The molecule has 0 aromatic carbocycles. The third-order valence-corrected chi connectivity index (χ3v) is 7.10. The summed E-state index contributed by atoms with van der Waals surface area (Å²) in [6.45, 7) is 2.79. The summed E-state index contributed by atoms with van der Waals surface area (Å²) in [5.74, 6) is -3.10. The van der Waals surface area contributed by atoms with Crippen molar-refractivity contribution in [3.8, 4) is 0 Å². The number of methoxy groups -OCH3 is 2. The van der Waals surface area contributed by atoms with Gasteiger partial charge in [-0.2, -0.15) is 11.8 Å². The summed E-state index contributed by atoms with van der Waals surface area (Å²) in [6, 6.07) is -2.52. The molecule has 1 fully saturated rings. The summed E-state index contributed by atoms with van der Waals surface area (Å²) in [4.78, 5) is 49.2. The monoisotopic (exact) mass is 673 g/mol. The number of hydrogen-bond donors (Lipinski definition) is 7. The van der Waals surface area contributed by atoms with Gasteiger partial charge in [0.15, 0.2) is 0 Å². The number of aliphatic hydroxyl groups excluding tert-OH is 4. The summed E-state index contributed by atoms with van der Waals surface area (Å²) in [6.07, 6.45) is -8.81. The largest absolute Gasteiger partial charge is 0.447 e. The number of alkyl carbamates (subject to hydrolysis) is 1. The molecule has 262 valence electrons. The average molecular weight is 674 g/mol. The lowest BCUT2D eigenvalue weighted by Gasteiger charge is -2.47. The summed E-state index contributed by atoms with van der Waals surface area (Å²) < 4.78 is 36.3. The molecule has 1 rings (SSSR count). The van der Waals surface area contributed by atoms with E-state index in [-0.39, 0.29) is 25.4 Å². The van der Waals surface area contributed by atoms with Crippen LogP contribution < -0.4 is 16.0 Å². The molecule has 19 heteroatoms. The third-order valence-electron chi connectivity index (χ3n) is 6.07. The molecule has 0 spiro atoms. The summed E-state index contributed by atoms with van der Waals surface area (Å²) in [5, 5.41) is 48.2. The summed E-state index contributed by atoms with van der Waals surface area (Å²) >= 11 is 1.31. The first-order valence-electron chi connectivity index (χ1n) is 14.2. The van der Waals surface area contributed by atoms with Crippen LogP contribution in [0.1, 0.15) is 20.3 Å². The molecule has 0 bridgehead atoms. The first kappa shape index (κ1) is 40.7. The van der Waals surface area contributed by atoms with Crippen molar-refractivity contribution >= 4 is 36.1 Å². The van der Waals surface area contributed by atoms with Gasteiger partial charge < -0.3 is 69.5 Å². The van der Waals surface area contributed by atoms with E-state index in [1.165, 1.54) is 26.0 Å². The normalized spacial score (nSPS) is 23.4. The molecule has 18 nitrogen and oxygen atoms in total. The van der Waals surface area contributed by atoms with Crippen LogP contribution >= 0.6 is 11.8 Å². The smallest absolute Gasteiger partial charge is 0.407 e. The Labute approximate surface area is 265 Å². The maximum absolute atomic E-state index is 12.9. The Bertz CT molecular complexity index is 889. The lowest BCUT2D eigenvalue weighted by atomic mass is 9.91. The molecule has 1 saturated heterocycles. The van der Waals surface area contributed by atoms with Crippen molar-refractivity contribution in [3.05, 3.63) is 0 Å². The number of nitrogens with one attached hydrogen (secondary N) is 3. The molecule has 0 aromatic rings. The van der Waals surface area contributed by atoms with Crippen molar-refractivity contribution in [3.63, 3.8) is 0 Å². The minimum atomic E-state index is -2.17. The van der Waals surface area contributed by atoms with Gasteiger partial charge in [0.25, 0.3) is 6.47 Å². The SMILES string of the molecule is COCCOCCOC(=O)NC(CSCCOC)C(=O)NCC(=O)NC1C(O)CC(OC=O)(OC(C)C)OC1C(O)C(O)CO. The maximum Gasteiger partial charge on any atom is 0.407 e. The van der Waals surface area contributed by atoms with Crippen molar-refractivity contribution < 1.29 is 72.8 Å². The summed E-state index contributed by atoms with van der Waals surface area (Å²) in [5.41, 5.74) is 0. The van der Waals surface area contributed by atoms with Crippen LogP contribution in [0.4, 0.5) is 4.79 Å². The van der Waals surface area contributed by atoms with Gasteiger partial charge in [0.1, 0.15) is 31.0 Å². The molecular weight excluding hydrogens is 626 g/mol. The molecular formula is C26H47N3O15S. The van der Waals surface area contributed by atoms with Crippen molar-refractivity contribution in [2.24, 2.45) is 0 Å². The van der Waals surface area contributed by atoms with E-state index in [1.807, 2.05) is 0 Å². The van der Waals surface area contributed by atoms with Crippen molar-refractivity contribution in [2.45, 2.75) is 68.8 Å². The average Bonchev–Trinajstić information content (AvgIpc) is 2.99. The van der Waals surface area contributed by atoms with E-state index in [1.54, 1.807) is 13.8 Å². The van der Waals surface area contributed by atoms with Gasteiger partial charge in [0.05, 0.1) is 64.2 Å². The van der Waals surface area contributed by atoms with Crippen LogP contribution in [0.15, 0.2) is 0 Å². The fourth-order valence-electron chi connectivity index (χ4n) is 4.01. The molecule has 0 radical (unpaired) electrons. The number of rotatable bonds is 23. The lowest BCUT2D eigenvalue weighted by molar-refractivity contribution is -0.417. The molecule has 1 aliphatic rings. The first-order chi connectivity index (χ1) is 21.4. The van der Waals surface area contributed by atoms with Gasteiger partial charge in [-0.1, -0.05) is 0 Å². The second-order valence-corrected chi connectivity index (χ2v) is 11.1.